The number of nitrogens with zero attached hydrogens (tertiary/aromatic N) is 5. The molecule has 1 fully saturated rings. The van der Waals surface area contributed by atoms with Crippen molar-refractivity contribution in [1.82, 2.24) is 24.4 Å². The van der Waals surface area contributed by atoms with Crippen LogP contribution in [-0.4, -0.2) is 56.0 Å². The van der Waals surface area contributed by atoms with Gasteiger partial charge >= 0.3 is 0 Å². The molecule has 7 heteroatoms. The Morgan fingerprint density at radius 2 is 2.00 bits per heavy atom. The lowest BCUT2D eigenvalue weighted by atomic mass is 10.1. The third-order valence-corrected chi connectivity index (χ3v) is 5.03. The van der Waals surface area contributed by atoms with Crippen LogP contribution >= 0.6 is 0 Å². The average molecular weight is 367 g/mol. The summed E-state index contributed by atoms with van der Waals surface area (Å²) >= 11 is 0. The number of hydrogen-bond acceptors (Lipinski definition) is 4. The molecule has 0 aliphatic carbocycles. The number of aromatic nitrogens is 3. The normalized spacial score (nSPS) is 18.2. The minimum Gasteiger partial charge on any atom is -0.333 e. The molecule has 140 valence electrons. The van der Waals surface area contributed by atoms with Crippen molar-refractivity contribution in [2.24, 2.45) is 0 Å². The number of piperazine rings is 1. The molecule has 0 bridgehead atoms. The molecule has 0 spiro atoms. The van der Waals surface area contributed by atoms with Gasteiger partial charge in [0.25, 0.3) is 5.91 Å². The SMILES string of the molecule is Cc1ccn2ncc(C(=O)N3CCN(Cc4ccc(F)cc4)CC3C)c2n1. The largest absolute Gasteiger partial charge is 0.333 e. The average Bonchev–Trinajstić information content (AvgIpc) is 3.06. The zero-order chi connectivity index (χ0) is 19.0. The molecule has 1 atom stereocenters. The topological polar surface area (TPSA) is 53.7 Å². The number of amides is 1. The van der Waals surface area contributed by atoms with E-state index in [-0.39, 0.29) is 17.8 Å². The standard InChI is InChI=1S/C20H22FN5O/c1-14-7-8-26-19(23-14)18(11-22-26)20(27)25-10-9-24(12-15(25)2)13-16-3-5-17(21)6-4-16/h3-8,11,15H,9-10,12-13H2,1-2H3. The van der Waals surface area contributed by atoms with Crippen molar-refractivity contribution < 1.29 is 9.18 Å². The minimum atomic E-state index is -0.222. The Labute approximate surface area is 157 Å². The Bertz CT molecular complexity index is 968. The van der Waals surface area contributed by atoms with Gasteiger partial charge in [-0.1, -0.05) is 12.1 Å². The molecule has 6 nitrogen and oxygen atoms in total. The second kappa shape index (κ2) is 7.08. The van der Waals surface area contributed by atoms with E-state index >= 15 is 0 Å². The fourth-order valence-electron chi connectivity index (χ4n) is 3.59. The van der Waals surface area contributed by atoms with E-state index in [0.717, 1.165) is 30.9 Å². The number of rotatable bonds is 3. The van der Waals surface area contributed by atoms with Gasteiger partial charge in [-0.05, 0) is 37.6 Å². The highest BCUT2D eigenvalue weighted by molar-refractivity contribution is 5.99. The van der Waals surface area contributed by atoms with E-state index in [1.807, 2.05) is 36.2 Å². The van der Waals surface area contributed by atoms with E-state index in [1.165, 1.54) is 12.1 Å². The second-order valence-corrected chi connectivity index (χ2v) is 7.10. The molecule has 1 aromatic carbocycles. The van der Waals surface area contributed by atoms with Gasteiger partial charge in [0.2, 0.25) is 0 Å². The number of carbonyl (C=O) groups excluding carboxylic acids is 1. The minimum absolute atomic E-state index is 0.0305. The van der Waals surface area contributed by atoms with Crippen molar-refractivity contribution in [3.8, 4) is 0 Å². The van der Waals surface area contributed by atoms with Crippen molar-refractivity contribution in [3.63, 3.8) is 0 Å². The Morgan fingerprint density at radius 1 is 1.22 bits per heavy atom. The van der Waals surface area contributed by atoms with E-state index in [1.54, 1.807) is 10.7 Å². The first-order valence-electron chi connectivity index (χ1n) is 9.10. The van der Waals surface area contributed by atoms with Crippen LogP contribution in [0.3, 0.4) is 0 Å². The first-order chi connectivity index (χ1) is 13.0. The second-order valence-electron chi connectivity index (χ2n) is 7.10. The van der Waals surface area contributed by atoms with Gasteiger partial charge in [-0.3, -0.25) is 9.69 Å². The first kappa shape index (κ1) is 17.6. The maximum Gasteiger partial charge on any atom is 0.259 e. The van der Waals surface area contributed by atoms with Gasteiger partial charge in [-0.15, -0.1) is 0 Å². The quantitative estimate of drug-likeness (QED) is 0.714. The molecule has 0 saturated carbocycles. The van der Waals surface area contributed by atoms with Crippen LogP contribution in [0, 0.1) is 12.7 Å². The molecule has 4 rings (SSSR count). The van der Waals surface area contributed by atoms with Crippen LogP contribution in [0.2, 0.25) is 0 Å². The van der Waals surface area contributed by atoms with Gasteiger partial charge in [-0.2, -0.15) is 5.10 Å². The van der Waals surface area contributed by atoms with Crippen molar-refractivity contribution >= 4 is 11.6 Å². The van der Waals surface area contributed by atoms with Crippen LogP contribution in [0.4, 0.5) is 4.39 Å². The first-order valence-corrected chi connectivity index (χ1v) is 9.10. The summed E-state index contributed by atoms with van der Waals surface area (Å²) in [4.78, 5) is 21.7. The molecule has 3 aromatic rings. The van der Waals surface area contributed by atoms with Crippen LogP contribution < -0.4 is 0 Å². The van der Waals surface area contributed by atoms with Crippen molar-refractivity contribution in [2.45, 2.75) is 26.4 Å². The van der Waals surface area contributed by atoms with Crippen molar-refractivity contribution in [1.29, 1.82) is 0 Å². The lowest BCUT2D eigenvalue weighted by Crippen LogP contribution is -2.53. The Morgan fingerprint density at radius 3 is 2.74 bits per heavy atom. The summed E-state index contributed by atoms with van der Waals surface area (Å²) in [5, 5.41) is 4.24. The number of benzene rings is 1. The molecule has 3 heterocycles. The van der Waals surface area contributed by atoms with E-state index < -0.39 is 0 Å². The lowest BCUT2D eigenvalue weighted by Gasteiger charge is -2.39. The zero-order valence-corrected chi connectivity index (χ0v) is 15.5. The lowest BCUT2D eigenvalue weighted by molar-refractivity contribution is 0.0477. The molecular weight excluding hydrogens is 345 g/mol. The van der Waals surface area contributed by atoms with Gasteiger partial charge in [0, 0.05) is 44.1 Å². The summed E-state index contributed by atoms with van der Waals surface area (Å²) in [5.41, 5.74) is 3.07. The van der Waals surface area contributed by atoms with Gasteiger partial charge in [0.15, 0.2) is 5.65 Å². The Balaban J connectivity index is 1.46. The molecule has 1 unspecified atom stereocenters. The van der Waals surface area contributed by atoms with Crippen molar-refractivity contribution in [2.75, 3.05) is 19.6 Å². The smallest absolute Gasteiger partial charge is 0.259 e. The summed E-state index contributed by atoms with van der Waals surface area (Å²) in [6, 6.07) is 8.53. The van der Waals surface area contributed by atoms with E-state index in [0.29, 0.717) is 17.8 Å². The van der Waals surface area contributed by atoms with Gasteiger partial charge in [0.05, 0.1) is 6.20 Å². The predicted molar refractivity (Wildman–Crippen MR) is 99.9 cm³/mol. The van der Waals surface area contributed by atoms with Gasteiger partial charge in [-0.25, -0.2) is 13.9 Å². The van der Waals surface area contributed by atoms with Crippen LogP contribution in [0.25, 0.3) is 5.65 Å². The third kappa shape index (κ3) is 3.55. The number of fused-ring (bicyclic) bond motifs is 1. The fourth-order valence-corrected chi connectivity index (χ4v) is 3.59. The predicted octanol–water partition coefficient (Wildman–Crippen LogP) is 2.52. The van der Waals surface area contributed by atoms with E-state index in [9.17, 15) is 9.18 Å². The maximum atomic E-state index is 13.1. The fraction of sp³-hybridized carbons (Fsp3) is 0.350. The number of halogens is 1. The highest BCUT2D eigenvalue weighted by Crippen LogP contribution is 2.18. The number of aryl methyl sites for hydroxylation is 1. The molecule has 2 aromatic heterocycles. The maximum absolute atomic E-state index is 13.1. The molecule has 1 amide bonds. The van der Waals surface area contributed by atoms with Gasteiger partial charge in [0.1, 0.15) is 11.4 Å². The molecular formula is C20H22FN5O. The third-order valence-electron chi connectivity index (χ3n) is 5.03. The van der Waals surface area contributed by atoms with Crippen LogP contribution in [0.5, 0.6) is 0 Å². The highest BCUT2D eigenvalue weighted by Gasteiger charge is 2.30. The number of hydrogen-bond donors (Lipinski definition) is 0. The zero-order valence-electron chi connectivity index (χ0n) is 15.5. The Hall–Kier alpha value is -2.80. The van der Waals surface area contributed by atoms with E-state index in [2.05, 4.69) is 21.9 Å². The summed E-state index contributed by atoms with van der Waals surface area (Å²) in [6.45, 7) is 6.90. The van der Waals surface area contributed by atoms with Crippen molar-refractivity contribution in [3.05, 3.63) is 65.4 Å². The van der Waals surface area contributed by atoms with Gasteiger partial charge < -0.3 is 4.90 Å². The Kier molecular flexibility index (Phi) is 4.61. The molecule has 1 aliphatic rings. The summed E-state index contributed by atoms with van der Waals surface area (Å²) in [7, 11) is 0. The molecule has 0 N–H and O–H groups in total. The molecule has 1 saturated heterocycles. The summed E-state index contributed by atoms with van der Waals surface area (Å²) < 4.78 is 14.7. The monoisotopic (exact) mass is 367 g/mol. The molecule has 0 radical (unpaired) electrons. The van der Waals surface area contributed by atoms with Crippen LogP contribution in [-0.2, 0) is 6.54 Å². The number of carbonyl (C=O) groups is 1. The summed E-state index contributed by atoms with van der Waals surface area (Å²) in [6.07, 6.45) is 3.42. The van der Waals surface area contributed by atoms with Crippen LogP contribution in [0.15, 0.2) is 42.7 Å². The highest BCUT2D eigenvalue weighted by atomic mass is 19.1. The summed E-state index contributed by atoms with van der Waals surface area (Å²) in [5.74, 6) is -0.253. The van der Waals surface area contributed by atoms with Crippen LogP contribution in [0.1, 0.15) is 28.5 Å². The van der Waals surface area contributed by atoms with E-state index in [4.69, 9.17) is 0 Å². The molecule has 1 aliphatic heterocycles. The molecule has 27 heavy (non-hydrogen) atoms.